The first-order chi connectivity index (χ1) is 8.60. The minimum Gasteiger partial charge on any atom is -0.396 e. The minimum absolute atomic E-state index is 0.111. The van der Waals surface area contributed by atoms with Crippen molar-refractivity contribution < 1.29 is 9.90 Å². The first-order valence-electron chi connectivity index (χ1n) is 6.50. The van der Waals surface area contributed by atoms with Gasteiger partial charge in [-0.15, -0.1) is 0 Å². The summed E-state index contributed by atoms with van der Waals surface area (Å²) in [5.74, 6) is 0.300. The van der Waals surface area contributed by atoms with Crippen LogP contribution in [-0.2, 0) is 11.3 Å². The molecule has 1 aromatic rings. The molecule has 0 saturated carbocycles. The van der Waals surface area contributed by atoms with Crippen LogP contribution in [0.2, 0.25) is 0 Å². The molecule has 0 aliphatic carbocycles. The number of aromatic nitrogens is 2. The normalized spacial score (nSPS) is 19.8. The van der Waals surface area contributed by atoms with Crippen LogP contribution in [0.5, 0.6) is 0 Å². The summed E-state index contributed by atoms with van der Waals surface area (Å²) < 4.78 is 1.99. The van der Waals surface area contributed by atoms with Gasteiger partial charge in [0.25, 0.3) is 0 Å². The van der Waals surface area contributed by atoms with Crippen molar-refractivity contribution in [3.8, 4) is 0 Å². The molecule has 18 heavy (non-hydrogen) atoms. The van der Waals surface area contributed by atoms with Crippen molar-refractivity contribution in [2.24, 2.45) is 5.92 Å². The first-order valence-corrected chi connectivity index (χ1v) is 6.50. The second-order valence-corrected chi connectivity index (χ2v) is 5.10. The van der Waals surface area contributed by atoms with Crippen LogP contribution in [0.4, 0.5) is 0 Å². The van der Waals surface area contributed by atoms with E-state index in [9.17, 15) is 4.79 Å². The van der Waals surface area contributed by atoms with E-state index in [1.54, 1.807) is 0 Å². The second-order valence-electron chi connectivity index (χ2n) is 5.10. The largest absolute Gasteiger partial charge is 0.396 e. The van der Waals surface area contributed by atoms with Gasteiger partial charge in [0.05, 0.1) is 5.69 Å². The lowest BCUT2D eigenvalue weighted by Crippen LogP contribution is -2.27. The van der Waals surface area contributed by atoms with Crippen LogP contribution in [0.1, 0.15) is 24.2 Å². The number of likely N-dealkylation sites (tertiary alicyclic amines) is 1. The van der Waals surface area contributed by atoms with Crippen LogP contribution >= 0.6 is 0 Å². The van der Waals surface area contributed by atoms with Crippen molar-refractivity contribution in [3.63, 3.8) is 0 Å². The van der Waals surface area contributed by atoms with Gasteiger partial charge in [-0.25, -0.2) is 0 Å². The molecule has 5 nitrogen and oxygen atoms in total. The molecule has 100 valence electrons. The number of hydrogen-bond acceptors (Lipinski definition) is 3. The fourth-order valence-corrected chi connectivity index (χ4v) is 2.51. The molecule has 0 bridgehead atoms. The van der Waals surface area contributed by atoms with Crippen molar-refractivity contribution in [2.45, 2.75) is 33.2 Å². The highest BCUT2D eigenvalue weighted by molar-refractivity contribution is 5.78. The highest BCUT2D eigenvalue weighted by atomic mass is 16.3. The third-order valence-electron chi connectivity index (χ3n) is 3.45. The second kappa shape index (κ2) is 5.52. The highest BCUT2D eigenvalue weighted by Gasteiger charge is 2.28. The number of rotatable bonds is 5. The average Bonchev–Trinajstić information content (AvgIpc) is 2.83. The maximum absolute atomic E-state index is 11.6. The quantitative estimate of drug-likeness (QED) is 0.839. The number of aliphatic hydroxyl groups is 1. The number of hydrogen-bond donors (Lipinski definition) is 1. The van der Waals surface area contributed by atoms with Gasteiger partial charge < -0.3 is 10.0 Å². The van der Waals surface area contributed by atoms with E-state index in [1.165, 1.54) is 0 Å². The number of aliphatic hydroxyl groups excluding tert-OH is 1. The monoisotopic (exact) mass is 251 g/mol. The van der Waals surface area contributed by atoms with E-state index in [0.29, 0.717) is 13.0 Å². The summed E-state index contributed by atoms with van der Waals surface area (Å²) in [4.78, 5) is 13.5. The van der Waals surface area contributed by atoms with E-state index >= 15 is 0 Å². The van der Waals surface area contributed by atoms with Gasteiger partial charge in [-0.05, 0) is 26.3 Å². The van der Waals surface area contributed by atoms with Gasteiger partial charge in [-0.1, -0.05) is 0 Å². The standard InChI is InChI=1S/C13H21N3O2/c1-10-6-11(2)16(14-10)5-3-4-15-8-12(9-17)7-13(15)18/h6,12,17H,3-5,7-9H2,1-2H3. The summed E-state index contributed by atoms with van der Waals surface area (Å²) in [7, 11) is 0. The maximum atomic E-state index is 11.6. The fraction of sp³-hybridized carbons (Fsp3) is 0.692. The Labute approximate surface area is 107 Å². The molecule has 1 unspecified atom stereocenters. The van der Waals surface area contributed by atoms with Crippen LogP contribution in [0.3, 0.4) is 0 Å². The van der Waals surface area contributed by atoms with Crippen LogP contribution < -0.4 is 0 Å². The van der Waals surface area contributed by atoms with Crippen LogP contribution in [-0.4, -0.2) is 45.4 Å². The Balaban J connectivity index is 1.79. The molecule has 1 fully saturated rings. The molecular formula is C13H21N3O2. The number of carbonyl (C=O) groups excluding carboxylic acids is 1. The number of aryl methyl sites for hydroxylation is 3. The van der Waals surface area contributed by atoms with E-state index in [-0.39, 0.29) is 18.4 Å². The lowest BCUT2D eigenvalue weighted by atomic mass is 10.1. The van der Waals surface area contributed by atoms with Crippen molar-refractivity contribution >= 4 is 5.91 Å². The molecule has 1 atom stereocenters. The Morgan fingerprint density at radius 2 is 2.22 bits per heavy atom. The summed E-state index contributed by atoms with van der Waals surface area (Å²) in [6, 6.07) is 2.06. The van der Waals surface area contributed by atoms with Gasteiger partial charge in [0.1, 0.15) is 0 Å². The van der Waals surface area contributed by atoms with E-state index in [1.807, 2.05) is 23.4 Å². The molecule has 5 heteroatoms. The SMILES string of the molecule is Cc1cc(C)n(CCCN2CC(CO)CC2=O)n1. The first kappa shape index (κ1) is 13.1. The molecule has 1 saturated heterocycles. The zero-order valence-corrected chi connectivity index (χ0v) is 11.1. The van der Waals surface area contributed by atoms with Gasteiger partial charge in [-0.3, -0.25) is 9.48 Å². The summed E-state index contributed by atoms with van der Waals surface area (Å²) in [5.41, 5.74) is 2.19. The molecule has 0 radical (unpaired) electrons. The Morgan fingerprint density at radius 3 is 2.78 bits per heavy atom. The van der Waals surface area contributed by atoms with Gasteiger partial charge in [0.15, 0.2) is 0 Å². The van der Waals surface area contributed by atoms with Crippen molar-refractivity contribution in [2.75, 3.05) is 19.7 Å². The number of carbonyl (C=O) groups is 1. The predicted molar refractivity (Wildman–Crippen MR) is 68.1 cm³/mol. The molecule has 1 amide bonds. The Kier molecular flexibility index (Phi) is 4.01. The van der Waals surface area contributed by atoms with Crippen LogP contribution in [0, 0.1) is 19.8 Å². The van der Waals surface area contributed by atoms with E-state index in [4.69, 9.17) is 5.11 Å². The Morgan fingerprint density at radius 1 is 1.44 bits per heavy atom. The van der Waals surface area contributed by atoms with E-state index < -0.39 is 0 Å². The predicted octanol–water partition coefficient (Wildman–Crippen LogP) is 0.731. The zero-order valence-electron chi connectivity index (χ0n) is 11.1. The van der Waals surface area contributed by atoms with Gasteiger partial charge >= 0.3 is 0 Å². The summed E-state index contributed by atoms with van der Waals surface area (Å²) in [6.45, 7) is 6.44. The summed E-state index contributed by atoms with van der Waals surface area (Å²) >= 11 is 0. The smallest absolute Gasteiger partial charge is 0.223 e. The lowest BCUT2D eigenvalue weighted by molar-refractivity contribution is -0.127. The molecular weight excluding hydrogens is 230 g/mol. The average molecular weight is 251 g/mol. The number of nitrogens with zero attached hydrogens (tertiary/aromatic N) is 3. The summed E-state index contributed by atoms with van der Waals surface area (Å²) in [5, 5.41) is 13.4. The van der Waals surface area contributed by atoms with Gasteiger partial charge in [0, 0.05) is 44.3 Å². The molecule has 1 N–H and O–H groups in total. The van der Waals surface area contributed by atoms with Crippen molar-refractivity contribution in [1.82, 2.24) is 14.7 Å². The molecule has 1 aliphatic rings. The third kappa shape index (κ3) is 2.90. The van der Waals surface area contributed by atoms with Crippen molar-refractivity contribution in [1.29, 1.82) is 0 Å². The molecule has 2 rings (SSSR count). The van der Waals surface area contributed by atoms with Gasteiger partial charge in [0.2, 0.25) is 5.91 Å². The molecule has 1 aromatic heterocycles. The molecule has 2 heterocycles. The molecule has 0 spiro atoms. The minimum atomic E-state index is 0.111. The van der Waals surface area contributed by atoms with Crippen molar-refractivity contribution in [3.05, 3.63) is 17.5 Å². The highest BCUT2D eigenvalue weighted by Crippen LogP contribution is 2.17. The zero-order chi connectivity index (χ0) is 13.1. The molecule has 1 aliphatic heterocycles. The lowest BCUT2D eigenvalue weighted by Gasteiger charge is -2.16. The Hall–Kier alpha value is -1.36. The maximum Gasteiger partial charge on any atom is 0.223 e. The summed E-state index contributed by atoms with van der Waals surface area (Å²) in [6.07, 6.45) is 1.41. The fourth-order valence-electron chi connectivity index (χ4n) is 2.51. The third-order valence-corrected chi connectivity index (χ3v) is 3.45. The number of amides is 1. The topological polar surface area (TPSA) is 58.4 Å². The van der Waals surface area contributed by atoms with E-state index in [0.717, 1.165) is 30.9 Å². The van der Waals surface area contributed by atoms with E-state index in [2.05, 4.69) is 11.2 Å². The Bertz CT molecular complexity index is 428. The van der Waals surface area contributed by atoms with Crippen LogP contribution in [0.15, 0.2) is 6.07 Å². The van der Waals surface area contributed by atoms with Gasteiger partial charge in [-0.2, -0.15) is 5.10 Å². The van der Waals surface area contributed by atoms with Crippen LogP contribution in [0.25, 0.3) is 0 Å². The molecule has 0 aromatic carbocycles.